The van der Waals surface area contributed by atoms with Gasteiger partial charge in [-0.1, -0.05) is 12.1 Å². The number of nitrogens with two attached hydrogens (primary N) is 1. The van der Waals surface area contributed by atoms with Crippen molar-refractivity contribution in [1.82, 2.24) is 29.3 Å². The predicted octanol–water partition coefficient (Wildman–Crippen LogP) is 3.68. The van der Waals surface area contributed by atoms with Crippen LogP contribution in [0.15, 0.2) is 48.9 Å². The Morgan fingerprint density at radius 2 is 1.91 bits per heavy atom. The van der Waals surface area contributed by atoms with Gasteiger partial charge in [-0.05, 0) is 51.0 Å². The highest BCUT2D eigenvalue weighted by molar-refractivity contribution is 5.96. The van der Waals surface area contributed by atoms with Crippen LogP contribution in [0.1, 0.15) is 43.1 Å². The van der Waals surface area contributed by atoms with E-state index in [4.69, 9.17) is 10.5 Å². The number of fused-ring (bicyclic) bond motifs is 1. The molecule has 1 aliphatic rings. The van der Waals surface area contributed by atoms with Gasteiger partial charge in [-0.3, -0.25) is 9.48 Å². The van der Waals surface area contributed by atoms with Gasteiger partial charge >= 0.3 is 0 Å². The summed E-state index contributed by atoms with van der Waals surface area (Å²) < 4.78 is 9.41. The zero-order chi connectivity index (χ0) is 23.7. The summed E-state index contributed by atoms with van der Waals surface area (Å²) in [7, 11) is 0. The van der Waals surface area contributed by atoms with Gasteiger partial charge in [0.1, 0.15) is 11.8 Å². The van der Waals surface area contributed by atoms with Gasteiger partial charge in [0.25, 0.3) is 5.91 Å². The van der Waals surface area contributed by atoms with E-state index >= 15 is 0 Å². The highest BCUT2D eigenvalue weighted by Crippen LogP contribution is 2.36. The molecule has 34 heavy (non-hydrogen) atoms. The van der Waals surface area contributed by atoms with Crippen LogP contribution < -0.4 is 5.73 Å². The van der Waals surface area contributed by atoms with Crippen LogP contribution in [0.4, 0.5) is 5.82 Å². The summed E-state index contributed by atoms with van der Waals surface area (Å²) in [5, 5.41) is 9.14. The number of hydrogen-bond donors (Lipinski definition) is 1. The average Bonchev–Trinajstić information content (AvgIpc) is 3.51. The van der Waals surface area contributed by atoms with Crippen molar-refractivity contribution >= 4 is 17.2 Å². The molecule has 1 aliphatic heterocycles. The molecule has 1 fully saturated rings. The second-order valence-electron chi connectivity index (χ2n) is 8.41. The lowest BCUT2D eigenvalue weighted by Crippen LogP contribution is -2.30. The van der Waals surface area contributed by atoms with E-state index in [0.29, 0.717) is 24.5 Å². The first-order chi connectivity index (χ1) is 16.6. The molecule has 0 atom stereocenters. The van der Waals surface area contributed by atoms with Crippen LogP contribution in [0.2, 0.25) is 0 Å². The number of anilines is 1. The molecule has 1 saturated heterocycles. The summed E-state index contributed by atoms with van der Waals surface area (Å²) in [5.74, 6) is 0.408. The molecular weight excluding hydrogens is 430 g/mol. The second-order valence-corrected chi connectivity index (χ2v) is 8.41. The number of carbonyl (C=O) groups excluding carboxylic acids is 1. The van der Waals surface area contributed by atoms with Crippen LogP contribution in [-0.4, -0.2) is 61.5 Å². The van der Waals surface area contributed by atoms with E-state index in [9.17, 15) is 4.79 Å². The number of aromatic nitrogens is 5. The number of carbonyl (C=O) groups is 1. The van der Waals surface area contributed by atoms with Gasteiger partial charge in [0.2, 0.25) is 0 Å². The number of ether oxygens (including phenoxy) is 1. The van der Waals surface area contributed by atoms with E-state index in [1.807, 2.05) is 55.3 Å². The van der Waals surface area contributed by atoms with Crippen LogP contribution in [0, 0.1) is 0 Å². The highest BCUT2D eigenvalue weighted by atomic mass is 16.5. The molecule has 1 amide bonds. The third-order valence-electron chi connectivity index (χ3n) is 6.52. The third kappa shape index (κ3) is 3.81. The molecule has 3 aromatic heterocycles. The van der Waals surface area contributed by atoms with Gasteiger partial charge in [-0.2, -0.15) is 10.2 Å². The van der Waals surface area contributed by atoms with E-state index in [1.165, 1.54) is 6.33 Å². The van der Waals surface area contributed by atoms with Crippen LogP contribution >= 0.6 is 0 Å². The van der Waals surface area contributed by atoms with Crippen molar-refractivity contribution in [3.63, 3.8) is 0 Å². The fourth-order valence-corrected chi connectivity index (χ4v) is 4.72. The average molecular weight is 460 g/mol. The molecule has 9 nitrogen and oxygen atoms in total. The van der Waals surface area contributed by atoms with Crippen LogP contribution in [0.25, 0.3) is 28.0 Å². The van der Waals surface area contributed by atoms with Crippen molar-refractivity contribution in [1.29, 1.82) is 0 Å². The number of rotatable bonds is 6. The Kier molecular flexibility index (Phi) is 6.02. The predicted molar refractivity (Wildman–Crippen MR) is 130 cm³/mol. The molecule has 4 heterocycles. The maximum absolute atomic E-state index is 13.0. The number of amides is 1. The molecule has 0 bridgehead atoms. The van der Waals surface area contributed by atoms with Crippen molar-refractivity contribution in [2.24, 2.45) is 0 Å². The highest BCUT2D eigenvalue weighted by Gasteiger charge is 2.24. The number of nitrogens with zero attached hydrogens (tertiary/aromatic N) is 6. The number of nitrogen functional groups attached to an aromatic ring is 1. The maximum atomic E-state index is 13.0. The Morgan fingerprint density at radius 1 is 1.12 bits per heavy atom. The quantitative estimate of drug-likeness (QED) is 0.472. The Balaban J connectivity index is 1.64. The van der Waals surface area contributed by atoms with Crippen molar-refractivity contribution in [3.8, 4) is 22.5 Å². The molecule has 4 aromatic rings. The first-order valence-electron chi connectivity index (χ1n) is 11.8. The fraction of sp³-hybridized carbons (Fsp3) is 0.360. The van der Waals surface area contributed by atoms with E-state index < -0.39 is 0 Å². The van der Waals surface area contributed by atoms with Crippen molar-refractivity contribution in [3.05, 3.63) is 54.5 Å². The summed E-state index contributed by atoms with van der Waals surface area (Å²) in [6, 6.07) is 12.0. The summed E-state index contributed by atoms with van der Waals surface area (Å²) in [5.41, 5.74) is 11.3. The molecule has 176 valence electrons. The Morgan fingerprint density at radius 3 is 2.68 bits per heavy atom. The monoisotopic (exact) mass is 459 g/mol. The lowest BCUT2D eigenvalue weighted by molar-refractivity contribution is 0.0667. The van der Waals surface area contributed by atoms with E-state index in [-0.39, 0.29) is 11.9 Å². The molecular formula is C25H29N7O2. The van der Waals surface area contributed by atoms with Crippen LogP contribution in [-0.2, 0) is 4.74 Å². The minimum Gasteiger partial charge on any atom is -0.382 e. The third-order valence-corrected chi connectivity index (χ3v) is 6.52. The molecule has 0 spiro atoms. The fourth-order valence-electron chi connectivity index (χ4n) is 4.72. The summed E-state index contributed by atoms with van der Waals surface area (Å²) in [6.45, 7) is 6.75. The van der Waals surface area contributed by atoms with Gasteiger partial charge in [0.15, 0.2) is 5.82 Å². The molecule has 9 heteroatoms. The smallest absolute Gasteiger partial charge is 0.253 e. The largest absolute Gasteiger partial charge is 0.382 e. The van der Waals surface area contributed by atoms with Gasteiger partial charge < -0.3 is 15.4 Å². The van der Waals surface area contributed by atoms with Crippen molar-refractivity contribution < 1.29 is 9.53 Å². The summed E-state index contributed by atoms with van der Waals surface area (Å²) >= 11 is 0. The molecule has 0 saturated carbocycles. The molecule has 0 radical (unpaired) electrons. The van der Waals surface area contributed by atoms with E-state index in [1.54, 1.807) is 4.52 Å². The number of benzene rings is 1. The minimum absolute atomic E-state index is 0.0136. The molecule has 2 N–H and O–H groups in total. The zero-order valence-electron chi connectivity index (χ0n) is 19.5. The van der Waals surface area contributed by atoms with E-state index in [0.717, 1.165) is 54.1 Å². The van der Waals surface area contributed by atoms with Gasteiger partial charge in [0, 0.05) is 49.2 Å². The van der Waals surface area contributed by atoms with Crippen molar-refractivity contribution in [2.45, 2.75) is 32.7 Å². The maximum Gasteiger partial charge on any atom is 0.253 e. The van der Waals surface area contributed by atoms with Crippen LogP contribution in [0.3, 0.4) is 0 Å². The Hall–Kier alpha value is -3.72. The Bertz CT molecular complexity index is 1320. The van der Waals surface area contributed by atoms with Crippen molar-refractivity contribution in [2.75, 3.05) is 32.0 Å². The van der Waals surface area contributed by atoms with Gasteiger partial charge in [-0.25, -0.2) is 9.50 Å². The first kappa shape index (κ1) is 22.1. The number of hydrogen-bond acceptors (Lipinski definition) is 6. The topological polar surface area (TPSA) is 104 Å². The molecule has 5 rings (SSSR count). The van der Waals surface area contributed by atoms with Crippen LogP contribution in [0.5, 0.6) is 0 Å². The standard InChI is InChI=1S/C25H29N7O2/c1-3-30(4-2)25(33)18-7-5-6-17(14-18)22-15-20(23-24(26)27-16-29-32(22)23)21-8-11-28-31(21)19-9-12-34-13-10-19/h5-8,11,14-16,19H,3-4,9-10,12-13H2,1-2H3,(H2,26,27,29). The molecule has 0 unspecified atom stereocenters. The SMILES string of the molecule is CCN(CC)C(=O)c1cccc(-c2cc(-c3ccnn3C3CCOCC3)c3c(N)ncnn23)c1. The van der Waals surface area contributed by atoms with Gasteiger partial charge in [-0.15, -0.1) is 0 Å². The molecule has 1 aromatic carbocycles. The summed E-state index contributed by atoms with van der Waals surface area (Å²) in [4.78, 5) is 19.0. The minimum atomic E-state index is 0.0136. The first-order valence-corrected chi connectivity index (χ1v) is 11.8. The second kappa shape index (κ2) is 9.26. The lowest BCUT2D eigenvalue weighted by Gasteiger charge is -2.24. The zero-order valence-corrected chi connectivity index (χ0v) is 19.5. The Labute approximate surface area is 198 Å². The molecule has 0 aliphatic carbocycles. The lowest BCUT2D eigenvalue weighted by atomic mass is 10.1. The van der Waals surface area contributed by atoms with Gasteiger partial charge in [0.05, 0.1) is 17.4 Å². The van der Waals surface area contributed by atoms with E-state index in [2.05, 4.69) is 25.9 Å². The summed E-state index contributed by atoms with van der Waals surface area (Å²) in [6.07, 6.45) is 5.09. The normalized spacial score (nSPS) is 14.5.